The first-order valence-electron chi connectivity index (χ1n) is 20.1. The van der Waals surface area contributed by atoms with Crippen LogP contribution in [0, 0.1) is 0 Å². The standard InChI is InChI=1S/C49H54O9/c1-3-29-51-48-47(55-34-41-27-17-8-18-28-41)45(43(36(2)56-48)52-31-38-21-11-5-12-22-38)58-49-46(54-33-40-25-15-7-16-26-40)44(53-32-39-23-13-6-14-24-39)42(57-49)35-50-30-37-19-9-4-10-20-37/h3-28,36,42-49H,1,29-35H2,2H3/t36-,42+,43-,44+,45+,46+,47+,48+,49-/m0/s1. The Hall–Kier alpha value is -4.52. The van der Waals surface area contributed by atoms with Crippen LogP contribution < -0.4 is 0 Å². The molecule has 9 nitrogen and oxygen atoms in total. The maximum Gasteiger partial charge on any atom is 0.187 e. The Balaban J connectivity index is 1.21. The molecule has 2 heterocycles. The Morgan fingerprint density at radius 3 is 1.29 bits per heavy atom. The Morgan fingerprint density at radius 1 is 0.448 bits per heavy atom. The van der Waals surface area contributed by atoms with Crippen molar-refractivity contribution < 1.29 is 42.6 Å². The summed E-state index contributed by atoms with van der Waals surface area (Å²) in [7, 11) is 0. The van der Waals surface area contributed by atoms with E-state index in [1.165, 1.54) is 0 Å². The molecule has 0 spiro atoms. The van der Waals surface area contributed by atoms with Gasteiger partial charge in [-0.05, 0) is 34.7 Å². The molecule has 2 fully saturated rings. The minimum Gasteiger partial charge on any atom is -0.374 e. The zero-order valence-corrected chi connectivity index (χ0v) is 33.0. The van der Waals surface area contributed by atoms with Gasteiger partial charge in [0.2, 0.25) is 0 Å². The van der Waals surface area contributed by atoms with E-state index in [0.29, 0.717) is 33.0 Å². The lowest BCUT2D eigenvalue weighted by Gasteiger charge is -2.45. The molecule has 9 atom stereocenters. The van der Waals surface area contributed by atoms with Gasteiger partial charge in [0.05, 0.1) is 52.4 Å². The number of rotatable bonds is 21. The first-order chi connectivity index (χ1) is 28.6. The number of benzene rings is 5. The predicted octanol–water partition coefficient (Wildman–Crippen LogP) is 8.60. The molecule has 0 unspecified atom stereocenters. The maximum absolute atomic E-state index is 7.19. The van der Waals surface area contributed by atoms with Crippen molar-refractivity contribution >= 4 is 0 Å². The van der Waals surface area contributed by atoms with E-state index >= 15 is 0 Å². The molecule has 2 saturated heterocycles. The average molecular weight is 787 g/mol. The largest absolute Gasteiger partial charge is 0.374 e. The fraction of sp³-hybridized carbons (Fsp3) is 0.347. The van der Waals surface area contributed by atoms with Crippen LogP contribution in [0.3, 0.4) is 0 Å². The van der Waals surface area contributed by atoms with Gasteiger partial charge in [-0.15, -0.1) is 6.58 Å². The molecule has 0 bridgehead atoms. The lowest BCUT2D eigenvalue weighted by molar-refractivity contribution is -0.340. The SMILES string of the molecule is C=CCO[C@@H]1O[C@@H](C)[C@H](OCc2ccccc2)[C@@H](O[C@@H]2O[C@H](COCc3ccccc3)[C@@H](OCc3ccccc3)[C@H]2OCc2ccccc2)[C@H]1OCc1ccccc1. The molecule has 9 heteroatoms. The van der Waals surface area contributed by atoms with Crippen molar-refractivity contribution in [3.63, 3.8) is 0 Å². The molecule has 0 aliphatic carbocycles. The van der Waals surface area contributed by atoms with Gasteiger partial charge in [-0.3, -0.25) is 0 Å². The summed E-state index contributed by atoms with van der Waals surface area (Å²) in [5.74, 6) is 0. The third kappa shape index (κ3) is 11.8. The lowest BCUT2D eigenvalue weighted by Crippen LogP contribution is -2.61. The van der Waals surface area contributed by atoms with Gasteiger partial charge in [0.25, 0.3) is 0 Å². The molecule has 0 amide bonds. The summed E-state index contributed by atoms with van der Waals surface area (Å²) in [6.45, 7) is 8.05. The first kappa shape index (κ1) is 41.6. The van der Waals surface area contributed by atoms with Crippen molar-refractivity contribution in [2.24, 2.45) is 0 Å². The van der Waals surface area contributed by atoms with Gasteiger partial charge in [0, 0.05) is 0 Å². The third-order valence-corrected chi connectivity index (χ3v) is 10.2. The van der Waals surface area contributed by atoms with Crippen molar-refractivity contribution in [1.82, 2.24) is 0 Å². The molecular weight excluding hydrogens is 733 g/mol. The summed E-state index contributed by atoms with van der Waals surface area (Å²) < 4.78 is 60.2. The van der Waals surface area contributed by atoms with E-state index in [-0.39, 0.29) is 13.2 Å². The first-order valence-corrected chi connectivity index (χ1v) is 20.1. The monoisotopic (exact) mass is 786 g/mol. The Labute approximate surface area is 342 Å². The van der Waals surface area contributed by atoms with E-state index in [2.05, 4.69) is 6.58 Å². The molecule has 2 aliphatic heterocycles. The van der Waals surface area contributed by atoms with E-state index in [9.17, 15) is 0 Å². The summed E-state index contributed by atoms with van der Waals surface area (Å²) in [6, 6.07) is 50.2. The van der Waals surface area contributed by atoms with Crippen LogP contribution in [0.2, 0.25) is 0 Å². The fourth-order valence-electron chi connectivity index (χ4n) is 7.23. The summed E-state index contributed by atoms with van der Waals surface area (Å²) >= 11 is 0. The van der Waals surface area contributed by atoms with Crippen LogP contribution in [0.5, 0.6) is 0 Å². The van der Waals surface area contributed by atoms with Crippen molar-refractivity contribution in [2.75, 3.05) is 13.2 Å². The molecule has 0 radical (unpaired) electrons. The topological polar surface area (TPSA) is 83.1 Å². The molecule has 7 rings (SSSR count). The Kier molecular flexibility index (Phi) is 15.8. The maximum atomic E-state index is 7.19. The normalized spacial score (nSPS) is 25.7. The highest BCUT2D eigenvalue weighted by atomic mass is 16.8. The molecule has 5 aromatic rings. The minimum absolute atomic E-state index is 0.247. The Bertz CT molecular complexity index is 1880. The van der Waals surface area contributed by atoms with Crippen LogP contribution in [0.4, 0.5) is 0 Å². The second-order valence-electron chi connectivity index (χ2n) is 14.5. The quantitative estimate of drug-likeness (QED) is 0.0680. The van der Waals surface area contributed by atoms with Crippen LogP contribution in [0.25, 0.3) is 0 Å². The highest BCUT2D eigenvalue weighted by Crippen LogP contribution is 2.36. The highest BCUT2D eigenvalue weighted by Gasteiger charge is 2.53. The van der Waals surface area contributed by atoms with E-state index in [1.54, 1.807) is 6.08 Å². The second kappa shape index (κ2) is 22.0. The van der Waals surface area contributed by atoms with E-state index in [0.717, 1.165) is 27.8 Å². The molecule has 5 aromatic carbocycles. The van der Waals surface area contributed by atoms with Gasteiger partial charge in [-0.25, -0.2) is 0 Å². The van der Waals surface area contributed by atoms with Gasteiger partial charge >= 0.3 is 0 Å². The molecule has 0 aromatic heterocycles. The summed E-state index contributed by atoms with van der Waals surface area (Å²) in [5.41, 5.74) is 5.12. The average Bonchev–Trinajstić information content (AvgIpc) is 3.60. The lowest BCUT2D eigenvalue weighted by atomic mass is 9.98. The number of hydrogen-bond acceptors (Lipinski definition) is 9. The van der Waals surface area contributed by atoms with Crippen LogP contribution in [-0.2, 0) is 75.7 Å². The molecule has 0 saturated carbocycles. The second-order valence-corrected chi connectivity index (χ2v) is 14.5. The molecular formula is C49H54O9. The molecule has 0 N–H and O–H groups in total. The van der Waals surface area contributed by atoms with Gasteiger partial charge in [0.15, 0.2) is 12.6 Å². The van der Waals surface area contributed by atoms with Gasteiger partial charge in [0.1, 0.15) is 36.6 Å². The van der Waals surface area contributed by atoms with Gasteiger partial charge < -0.3 is 42.6 Å². The highest BCUT2D eigenvalue weighted by molar-refractivity contribution is 5.17. The smallest absolute Gasteiger partial charge is 0.187 e. The summed E-state index contributed by atoms with van der Waals surface area (Å²) in [5, 5.41) is 0. The molecule has 58 heavy (non-hydrogen) atoms. The number of hydrogen-bond donors (Lipinski definition) is 0. The number of ether oxygens (including phenoxy) is 9. The van der Waals surface area contributed by atoms with Crippen LogP contribution in [0.15, 0.2) is 164 Å². The van der Waals surface area contributed by atoms with Gasteiger partial charge in [-0.2, -0.15) is 0 Å². The third-order valence-electron chi connectivity index (χ3n) is 10.2. The van der Waals surface area contributed by atoms with Gasteiger partial charge in [-0.1, -0.05) is 158 Å². The summed E-state index contributed by atoms with van der Waals surface area (Å²) in [6.07, 6.45) is -4.24. The van der Waals surface area contributed by atoms with E-state index in [4.69, 9.17) is 42.6 Å². The van der Waals surface area contributed by atoms with Crippen molar-refractivity contribution in [3.05, 3.63) is 192 Å². The predicted molar refractivity (Wildman–Crippen MR) is 220 cm³/mol. The fourth-order valence-corrected chi connectivity index (χ4v) is 7.23. The van der Waals surface area contributed by atoms with Crippen molar-refractivity contribution in [3.8, 4) is 0 Å². The van der Waals surface area contributed by atoms with Crippen LogP contribution in [-0.4, -0.2) is 68.5 Å². The van der Waals surface area contributed by atoms with Crippen molar-refractivity contribution in [1.29, 1.82) is 0 Å². The van der Waals surface area contributed by atoms with Crippen LogP contribution >= 0.6 is 0 Å². The van der Waals surface area contributed by atoms with Crippen molar-refractivity contribution in [2.45, 2.75) is 95.3 Å². The van der Waals surface area contributed by atoms with E-state index in [1.807, 2.05) is 159 Å². The van der Waals surface area contributed by atoms with Crippen LogP contribution in [0.1, 0.15) is 34.7 Å². The summed E-state index contributed by atoms with van der Waals surface area (Å²) in [4.78, 5) is 0. The zero-order valence-electron chi connectivity index (χ0n) is 33.0. The minimum atomic E-state index is -0.907. The molecule has 2 aliphatic rings. The molecule has 304 valence electrons. The Morgan fingerprint density at radius 2 is 0.845 bits per heavy atom. The zero-order chi connectivity index (χ0) is 39.8. The van der Waals surface area contributed by atoms with E-state index < -0.39 is 55.3 Å².